The van der Waals surface area contributed by atoms with Gasteiger partial charge in [0, 0.05) is 35.0 Å². The predicted octanol–water partition coefficient (Wildman–Crippen LogP) is 5.58. The summed E-state index contributed by atoms with van der Waals surface area (Å²) in [4.78, 5) is 28.4. The average molecular weight is 503 g/mol. The predicted molar refractivity (Wildman–Crippen MR) is 141 cm³/mol. The highest BCUT2D eigenvalue weighted by Gasteiger charge is 2.33. The number of hydrogen-bond acceptors (Lipinski definition) is 5. The first-order chi connectivity index (χ1) is 18.0. The van der Waals surface area contributed by atoms with E-state index in [-0.39, 0.29) is 18.1 Å². The quantitative estimate of drug-likeness (QED) is 0.361. The van der Waals surface area contributed by atoms with Crippen molar-refractivity contribution in [3.8, 4) is 11.1 Å². The zero-order chi connectivity index (χ0) is 25.5. The van der Waals surface area contributed by atoms with Crippen LogP contribution < -0.4 is 10.9 Å². The van der Waals surface area contributed by atoms with Crippen molar-refractivity contribution in [1.82, 2.24) is 10.2 Å². The van der Waals surface area contributed by atoms with Crippen molar-refractivity contribution in [3.63, 3.8) is 0 Å². The number of furan rings is 1. The summed E-state index contributed by atoms with van der Waals surface area (Å²) >= 11 is 0. The SMILES string of the molecule is Cc1c(CC(=O)NC[C@H]2CCCN3CCCC[C@H]23)c(=O)oc2cc3occ(-c4ccc(F)cc4)c3cc12. The van der Waals surface area contributed by atoms with Crippen LogP contribution in [-0.2, 0) is 11.2 Å². The van der Waals surface area contributed by atoms with E-state index >= 15 is 0 Å². The number of piperidine rings is 2. The summed E-state index contributed by atoms with van der Waals surface area (Å²) in [5.74, 6) is 0.00697. The van der Waals surface area contributed by atoms with Crippen LogP contribution in [0.5, 0.6) is 0 Å². The van der Waals surface area contributed by atoms with E-state index in [4.69, 9.17) is 8.83 Å². The Morgan fingerprint density at radius 2 is 1.86 bits per heavy atom. The van der Waals surface area contributed by atoms with Gasteiger partial charge in [-0.05, 0) is 80.9 Å². The fourth-order valence-corrected chi connectivity index (χ4v) is 6.25. The maximum Gasteiger partial charge on any atom is 0.340 e. The summed E-state index contributed by atoms with van der Waals surface area (Å²) < 4.78 is 24.8. The molecule has 6 nitrogen and oxygen atoms in total. The molecule has 2 aromatic carbocycles. The first kappa shape index (κ1) is 23.9. The van der Waals surface area contributed by atoms with Crippen LogP contribution in [0.3, 0.4) is 0 Å². The minimum Gasteiger partial charge on any atom is -0.464 e. The van der Waals surface area contributed by atoms with Gasteiger partial charge in [0.2, 0.25) is 5.91 Å². The molecule has 2 aliphatic heterocycles. The van der Waals surface area contributed by atoms with Crippen LogP contribution in [0.15, 0.2) is 56.3 Å². The number of benzene rings is 2. The summed E-state index contributed by atoms with van der Waals surface area (Å²) in [5, 5.41) is 4.69. The molecule has 0 radical (unpaired) electrons. The molecule has 0 saturated carbocycles. The van der Waals surface area contributed by atoms with E-state index in [0.29, 0.717) is 35.2 Å². The summed E-state index contributed by atoms with van der Waals surface area (Å²) in [6, 6.07) is 10.4. The van der Waals surface area contributed by atoms with E-state index in [1.54, 1.807) is 24.5 Å². The minimum absolute atomic E-state index is 0.0144. The van der Waals surface area contributed by atoms with Crippen molar-refractivity contribution in [2.75, 3.05) is 19.6 Å². The van der Waals surface area contributed by atoms with E-state index in [0.717, 1.165) is 33.9 Å². The number of aryl methyl sites for hydroxylation is 1. The first-order valence-electron chi connectivity index (χ1n) is 13.2. The topological polar surface area (TPSA) is 75.7 Å². The molecule has 0 bridgehead atoms. The van der Waals surface area contributed by atoms with Gasteiger partial charge < -0.3 is 19.1 Å². The molecule has 1 amide bonds. The molecular weight excluding hydrogens is 471 g/mol. The maximum absolute atomic E-state index is 13.4. The molecule has 1 N–H and O–H groups in total. The van der Waals surface area contributed by atoms with E-state index in [9.17, 15) is 14.0 Å². The van der Waals surface area contributed by atoms with E-state index in [1.165, 1.54) is 50.9 Å². The molecular formula is C30H31FN2O4. The van der Waals surface area contributed by atoms with Crippen molar-refractivity contribution in [2.24, 2.45) is 5.92 Å². The smallest absolute Gasteiger partial charge is 0.340 e. The summed E-state index contributed by atoms with van der Waals surface area (Å²) in [6.07, 6.45) is 7.65. The monoisotopic (exact) mass is 502 g/mol. The average Bonchev–Trinajstić information content (AvgIpc) is 3.32. The molecule has 37 heavy (non-hydrogen) atoms. The number of carbonyl (C=O) groups excluding carboxylic acids is 1. The van der Waals surface area contributed by atoms with Gasteiger partial charge in [0.15, 0.2) is 0 Å². The lowest BCUT2D eigenvalue weighted by molar-refractivity contribution is -0.120. The highest BCUT2D eigenvalue weighted by molar-refractivity contribution is 6.02. The van der Waals surface area contributed by atoms with Crippen LogP contribution in [0.4, 0.5) is 4.39 Å². The molecule has 192 valence electrons. The Kier molecular flexibility index (Phi) is 6.32. The number of halogens is 1. The van der Waals surface area contributed by atoms with E-state index in [2.05, 4.69) is 10.2 Å². The van der Waals surface area contributed by atoms with Crippen molar-refractivity contribution >= 4 is 27.8 Å². The molecule has 4 aromatic rings. The fourth-order valence-electron chi connectivity index (χ4n) is 6.25. The molecule has 2 saturated heterocycles. The Balaban J connectivity index is 1.25. The van der Waals surface area contributed by atoms with Gasteiger partial charge in [-0.3, -0.25) is 4.79 Å². The largest absolute Gasteiger partial charge is 0.464 e. The number of amides is 1. The third-order valence-corrected chi connectivity index (χ3v) is 8.26. The molecule has 0 unspecified atom stereocenters. The molecule has 2 atom stereocenters. The number of hydrogen-bond donors (Lipinski definition) is 1. The first-order valence-corrected chi connectivity index (χ1v) is 13.2. The van der Waals surface area contributed by atoms with E-state index < -0.39 is 5.63 Å². The van der Waals surface area contributed by atoms with Crippen molar-refractivity contribution in [1.29, 1.82) is 0 Å². The molecule has 2 fully saturated rings. The Bertz CT molecular complexity index is 1520. The van der Waals surface area contributed by atoms with Gasteiger partial charge >= 0.3 is 5.63 Å². The number of nitrogens with zero attached hydrogens (tertiary/aromatic N) is 1. The zero-order valence-electron chi connectivity index (χ0n) is 21.0. The van der Waals surface area contributed by atoms with Gasteiger partial charge in [-0.15, -0.1) is 0 Å². The van der Waals surface area contributed by atoms with Gasteiger partial charge in [0.05, 0.1) is 18.2 Å². The van der Waals surface area contributed by atoms with E-state index in [1.807, 2.05) is 13.0 Å². The Labute approximate surface area is 214 Å². The molecule has 2 aromatic heterocycles. The lowest BCUT2D eigenvalue weighted by Crippen LogP contribution is -2.51. The summed E-state index contributed by atoms with van der Waals surface area (Å²) in [6.45, 7) is 4.83. The number of carbonyl (C=O) groups is 1. The normalized spacial score (nSPS) is 20.3. The second-order valence-electron chi connectivity index (χ2n) is 10.5. The van der Waals surface area contributed by atoms with Crippen LogP contribution in [0.25, 0.3) is 33.1 Å². The molecule has 0 aliphatic carbocycles. The Morgan fingerprint density at radius 1 is 1.05 bits per heavy atom. The standard InChI is InChI=1S/C30H31FN2O4/c1-18-22-13-24-25(19-7-9-21(31)10-8-19)17-36-27(24)15-28(22)37-30(35)23(18)14-29(34)32-16-20-5-4-12-33-11-3-2-6-26(20)33/h7-10,13,15,17,20,26H,2-6,11-12,14,16H2,1H3,(H,32,34)/t20-,26-/m1/s1. The summed E-state index contributed by atoms with van der Waals surface area (Å²) in [7, 11) is 0. The van der Waals surface area contributed by atoms with Gasteiger partial charge in [-0.25, -0.2) is 9.18 Å². The maximum atomic E-state index is 13.4. The molecule has 0 spiro atoms. The van der Waals surface area contributed by atoms with Crippen molar-refractivity contribution < 1.29 is 18.0 Å². The minimum atomic E-state index is -0.499. The second-order valence-corrected chi connectivity index (χ2v) is 10.5. The second kappa shape index (κ2) is 9.78. The molecule has 7 heteroatoms. The molecule has 4 heterocycles. The van der Waals surface area contributed by atoms with Crippen molar-refractivity contribution in [3.05, 3.63) is 70.0 Å². The highest BCUT2D eigenvalue weighted by Crippen LogP contribution is 2.35. The van der Waals surface area contributed by atoms with Gasteiger partial charge in [-0.2, -0.15) is 0 Å². The Hall–Kier alpha value is -3.45. The van der Waals surface area contributed by atoms with Crippen molar-refractivity contribution in [2.45, 2.75) is 51.5 Å². The highest BCUT2D eigenvalue weighted by atomic mass is 19.1. The molecule has 6 rings (SSSR count). The van der Waals surface area contributed by atoms with Crippen LogP contribution in [0.2, 0.25) is 0 Å². The third-order valence-electron chi connectivity index (χ3n) is 8.26. The van der Waals surface area contributed by atoms with Gasteiger partial charge in [-0.1, -0.05) is 18.6 Å². The van der Waals surface area contributed by atoms with Gasteiger partial charge in [0.1, 0.15) is 17.0 Å². The lowest BCUT2D eigenvalue weighted by atomic mass is 9.83. The fraction of sp³-hybridized carbons (Fsp3) is 0.400. The Morgan fingerprint density at radius 3 is 2.70 bits per heavy atom. The van der Waals surface area contributed by atoms with Crippen LogP contribution in [0, 0.1) is 18.7 Å². The van der Waals surface area contributed by atoms with Crippen LogP contribution in [0.1, 0.15) is 43.2 Å². The van der Waals surface area contributed by atoms with Crippen LogP contribution >= 0.6 is 0 Å². The molecule has 2 aliphatic rings. The number of nitrogens with one attached hydrogen (secondary N) is 1. The van der Waals surface area contributed by atoms with Crippen LogP contribution in [-0.4, -0.2) is 36.5 Å². The zero-order valence-corrected chi connectivity index (χ0v) is 21.0. The number of fused-ring (bicyclic) bond motifs is 3. The number of rotatable bonds is 5. The van der Waals surface area contributed by atoms with Gasteiger partial charge in [0.25, 0.3) is 0 Å². The third kappa shape index (κ3) is 4.57. The lowest BCUT2D eigenvalue weighted by Gasteiger charge is -2.44. The summed E-state index contributed by atoms with van der Waals surface area (Å²) in [5.41, 5.74) is 3.24.